The zero-order valence-electron chi connectivity index (χ0n) is 12.5. The minimum atomic E-state index is 0.238. The summed E-state index contributed by atoms with van der Waals surface area (Å²) < 4.78 is 5.55. The molecule has 1 heteroatoms. The maximum atomic E-state index is 5.55. The standard InChI is InChI=1S/C15H22O.C2H6/c1-3-15(2)9-6-13-5-4-11-16-12-8-14(13)7-10-15;1-2/h6-7,9-10H,3-5,8,11-12H2,1-2H3;1-2H3. The van der Waals surface area contributed by atoms with Gasteiger partial charge in [-0.1, -0.05) is 52.0 Å². The second kappa shape index (κ2) is 7.58. The lowest BCUT2D eigenvalue weighted by Crippen LogP contribution is -2.06. The zero-order valence-corrected chi connectivity index (χ0v) is 12.5. The van der Waals surface area contributed by atoms with Gasteiger partial charge in [-0.05, 0) is 36.8 Å². The van der Waals surface area contributed by atoms with Crippen molar-refractivity contribution in [1.82, 2.24) is 0 Å². The van der Waals surface area contributed by atoms with Crippen LogP contribution in [0.1, 0.15) is 53.4 Å². The number of hydrogen-bond donors (Lipinski definition) is 0. The third kappa shape index (κ3) is 4.13. The molecule has 0 aromatic rings. The van der Waals surface area contributed by atoms with E-state index in [0.717, 1.165) is 38.9 Å². The van der Waals surface area contributed by atoms with Crippen molar-refractivity contribution in [2.45, 2.75) is 53.4 Å². The number of hydrogen-bond acceptors (Lipinski definition) is 1. The molecule has 0 radical (unpaired) electrons. The van der Waals surface area contributed by atoms with E-state index >= 15 is 0 Å². The van der Waals surface area contributed by atoms with Crippen LogP contribution in [0.4, 0.5) is 0 Å². The molecule has 0 aromatic heterocycles. The molecule has 0 saturated heterocycles. The Labute approximate surface area is 113 Å². The topological polar surface area (TPSA) is 9.23 Å². The molecule has 1 heterocycles. The van der Waals surface area contributed by atoms with Gasteiger partial charge in [0.1, 0.15) is 0 Å². The molecule has 18 heavy (non-hydrogen) atoms. The maximum Gasteiger partial charge on any atom is 0.0506 e. The van der Waals surface area contributed by atoms with Crippen molar-refractivity contribution in [3.63, 3.8) is 0 Å². The second-order valence-corrected chi connectivity index (χ2v) is 5.04. The molecule has 2 aliphatic rings. The average molecular weight is 248 g/mol. The molecule has 2 rings (SSSR count). The molecule has 1 aliphatic carbocycles. The molecule has 1 aliphatic heterocycles. The number of allylic oxidation sites excluding steroid dienone is 5. The monoisotopic (exact) mass is 248 g/mol. The van der Waals surface area contributed by atoms with Gasteiger partial charge in [-0.3, -0.25) is 0 Å². The molecule has 102 valence electrons. The third-order valence-electron chi connectivity index (χ3n) is 3.76. The predicted octanol–water partition coefficient (Wildman–Crippen LogP) is 5.05. The van der Waals surface area contributed by atoms with Gasteiger partial charge < -0.3 is 4.74 Å². The Bertz CT molecular complexity index is 306. The molecule has 0 spiro atoms. The first kappa shape index (κ1) is 15.2. The summed E-state index contributed by atoms with van der Waals surface area (Å²) in [4.78, 5) is 0. The quantitative estimate of drug-likeness (QED) is 0.631. The van der Waals surface area contributed by atoms with E-state index in [-0.39, 0.29) is 5.41 Å². The van der Waals surface area contributed by atoms with E-state index in [1.54, 1.807) is 0 Å². The largest absolute Gasteiger partial charge is 0.381 e. The summed E-state index contributed by atoms with van der Waals surface area (Å²) in [6, 6.07) is 0. The van der Waals surface area contributed by atoms with Crippen LogP contribution in [-0.2, 0) is 4.74 Å². The summed E-state index contributed by atoms with van der Waals surface area (Å²) in [5.74, 6) is 0. The molecule has 0 fully saturated rings. The highest BCUT2D eigenvalue weighted by Gasteiger charge is 2.18. The molecular weight excluding hydrogens is 220 g/mol. The van der Waals surface area contributed by atoms with E-state index in [0.29, 0.717) is 0 Å². The summed E-state index contributed by atoms with van der Waals surface area (Å²) >= 11 is 0. The van der Waals surface area contributed by atoms with Crippen LogP contribution >= 0.6 is 0 Å². The SMILES string of the molecule is CC.CCC1(C)C=CC2=C(C=C1)CCOCCC2. The van der Waals surface area contributed by atoms with Crippen molar-refractivity contribution >= 4 is 0 Å². The van der Waals surface area contributed by atoms with E-state index in [9.17, 15) is 0 Å². The second-order valence-electron chi connectivity index (χ2n) is 5.04. The van der Waals surface area contributed by atoms with Gasteiger partial charge in [0, 0.05) is 12.0 Å². The van der Waals surface area contributed by atoms with E-state index in [1.807, 2.05) is 13.8 Å². The maximum absolute atomic E-state index is 5.55. The van der Waals surface area contributed by atoms with Crippen molar-refractivity contribution < 1.29 is 4.74 Å². The fraction of sp³-hybridized carbons (Fsp3) is 0.647. The van der Waals surface area contributed by atoms with Gasteiger partial charge in [-0.25, -0.2) is 0 Å². The molecule has 1 unspecified atom stereocenters. The van der Waals surface area contributed by atoms with Gasteiger partial charge >= 0.3 is 0 Å². The van der Waals surface area contributed by atoms with Gasteiger partial charge in [0.2, 0.25) is 0 Å². The molecule has 0 saturated carbocycles. The van der Waals surface area contributed by atoms with E-state index < -0.39 is 0 Å². The highest BCUT2D eigenvalue weighted by atomic mass is 16.5. The highest BCUT2D eigenvalue weighted by molar-refractivity contribution is 5.38. The lowest BCUT2D eigenvalue weighted by molar-refractivity contribution is 0.132. The molecule has 0 aromatic carbocycles. The normalized spacial score (nSPS) is 27.6. The van der Waals surface area contributed by atoms with Crippen molar-refractivity contribution in [3.05, 3.63) is 35.5 Å². The van der Waals surface area contributed by atoms with Gasteiger partial charge in [-0.15, -0.1) is 0 Å². The third-order valence-corrected chi connectivity index (χ3v) is 3.76. The molecule has 0 N–H and O–H groups in total. The molecule has 1 nitrogen and oxygen atoms in total. The van der Waals surface area contributed by atoms with E-state index in [4.69, 9.17) is 4.74 Å². The van der Waals surface area contributed by atoms with E-state index in [1.165, 1.54) is 11.1 Å². The lowest BCUT2D eigenvalue weighted by atomic mass is 9.87. The molecule has 0 amide bonds. The van der Waals surface area contributed by atoms with Gasteiger partial charge in [0.15, 0.2) is 0 Å². The van der Waals surface area contributed by atoms with Crippen LogP contribution in [-0.4, -0.2) is 13.2 Å². The zero-order chi connectivity index (χ0) is 13.4. The summed E-state index contributed by atoms with van der Waals surface area (Å²) in [6.07, 6.45) is 13.9. The van der Waals surface area contributed by atoms with Crippen LogP contribution in [0.25, 0.3) is 0 Å². The fourth-order valence-electron chi connectivity index (χ4n) is 2.22. The van der Waals surface area contributed by atoms with Crippen molar-refractivity contribution in [2.24, 2.45) is 5.41 Å². The summed E-state index contributed by atoms with van der Waals surface area (Å²) in [7, 11) is 0. The molecule has 0 bridgehead atoms. The van der Waals surface area contributed by atoms with Crippen molar-refractivity contribution in [3.8, 4) is 0 Å². The summed E-state index contributed by atoms with van der Waals surface area (Å²) in [5.41, 5.74) is 3.24. The average Bonchev–Trinajstić information content (AvgIpc) is 2.53. The van der Waals surface area contributed by atoms with Gasteiger partial charge in [-0.2, -0.15) is 0 Å². The Kier molecular flexibility index (Phi) is 6.42. The van der Waals surface area contributed by atoms with Crippen LogP contribution < -0.4 is 0 Å². The van der Waals surface area contributed by atoms with Crippen LogP contribution in [0, 0.1) is 5.41 Å². The first-order chi connectivity index (χ1) is 8.73. The first-order valence-electron chi connectivity index (χ1n) is 7.42. The number of ether oxygens (including phenoxy) is 1. The Morgan fingerprint density at radius 3 is 2.28 bits per heavy atom. The lowest BCUT2D eigenvalue weighted by Gasteiger charge is -2.18. The summed E-state index contributed by atoms with van der Waals surface area (Å²) in [6.45, 7) is 10.3. The molecular formula is C17H28O. The van der Waals surface area contributed by atoms with Gasteiger partial charge in [0.05, 0.1) is 6.61 Å². The van der Waals surface area contributed by atoms with Crippen LogP contribution in [0.2, 0.25) is 0 Å². The summed E-state index contributed by atoms with van der Waals surface area (Å²) in [5, 5.41) is 0. The molecule has 1 atom stereocenters. The van der Waals surface area contributed by atoms with Crippen LogP contribution in [0.5, 0.6) is 0 Å². The first-order valence-corrected chi connectivity index (χ1v) is 7.42. The minimum absolute atomic E-state index is 0.238. The van der Waals surface area contributed by atoms with Crippen molar-refractivity contribution in [2.75, 3.05) is 13.2 Å². The van der Waals surface area contributed by atoms with E-state index in [2.05, 4.69) is 38.2 Å². The smallest absolute Gasteiger partial charge is 0.0506 e. The Hall–Kier alpha value is -0.820. The van der Waals surface area contributed by atoms with Crippen LogP contribution in [0.15, 0.2) is 35.5 Å². The Morgan fingerprint density at radius 2 is 1.67 bits per heavy atom. The van der Waals surface area contributed by atoms with Gasteiger partial charge in [0.25, 0.3) is 0 Å². The van der Waals surface area contributed by atoms with Crippen molar-refractivity contribution in [1.29, 1.82) is 0 Å². The minimum Gasteiger partial charge on any atom is -0.381 e. The Morgan fingerprint density at radius 1 is 1.06 bits per heavy atom. The predicted molar refractivity (Wildman–Crippen MR) is 79.7 cm³/mol. The fourth-order valence-corrected chi connectivity index (χ4v) is 2.22. The van der Waals surface area contributed by atoms with Crippen LogP contribution in [0.3, 0.4) is 0 Å². The highest BCUT2D eigenvalue weighted by Crippen LogP contribution is 2.32. The number of rotatable bonds is 1. The Balaban J connectivity index is 0.000000771.